The van der Waals surface area contributed by atoms with Crippen molar-refractivity contribution < 1.29 is 9.47 Å². The molecule has 0 fully saturated rings. The summed E-state index contributed by atoms with van der Waals surface area (Å²) in [7, 11) is 3.57. The molecule has 102 valence electrons. The smallest absolute Gasteiger partial charge is 0.124 e. The Labute approximate surface area is 113 Å². The molecule has 0 amide bonds. The Balaban J connectivity index is 2.18. The first kappa shape index (κ1) is 13.6. The number of ether oxygens (including phenoxy) is 2. The number of benzene rings is 1. The Morgan fingerprint density at radius 1 is 1.32 bits per heavy atom. The lowest BCUT2D eigenvalue weighted by atomic mass is 10.0. The third-order valence-electron chi connectivity index (χ3n) is 2.84. The maximum Gasteiger partial charge on any atom is 0.124 e. The van der Waals surface area contributed by atoms with Crippen LogP contribution in [0, 0.1) is 0 Å². The summed E-state index contributed by atoms with van der Waals surface area (Å²) in [5.41, 5.74) is 8.00. The Bertz CT molecular complexity index is 525. The summed E-state index contributed by atoms with van der Waals surface area (Å²) in [6.45, 7) is 1.05. The van der Waals surface area contributed by atoms with Crippen LogP contribution in [-0.4, -0.2) is 29.9 Å². The van der Waals surface area contributed by atoms with E-state index in [1.807, 2.05) is 42.1 Å². The zero-order valence-corrected chi connectivity index (χ0v) is 11.2. The lowest BCUT2D eigenvalue weighted by Gasteiger charge is -2.15. The van der Waals surface area contributed by atoms with E-state index in [-0.39, 0.29) is 6.04 Å². The monoisotopic (exact) mass is 261 g/mol. The first-order valence-corrected chi connectivity index (χ1v) is 6.16. The van der Waals surface area contributed by atoms with Crippen LogP contribution in [0.4, 0.5) is 0 Å². The minimum atomic E-state index is -0.292. The maximum absolute atomic E-state index is 6.25. The van der Waals surface area contributed by atoms with Crippen molar-refractivity contribution in [1.29, 1.82) is 0 Å². The molecule has 5 nitrogen and oxygen atoms in total. The molecule has 0 aliphatic carbocycles. The molecule has 1 aromatic heterocycles. The number of aromatic nitrogens is 2. The number of nitrogens with zero attached hydrogens (tertiary/aromatic N) is 2. The normalized spacial score (nSPS) is 12.4. The van der Waals surface area contributed by atoms with Gasteiger partial charge < -0.3 is 19.8 Å². The van der Waals surface area contributed by atoms with Crippen molar-refractivity contribution >= 4 is 0 Å². The molecule has 0 saturated heterocycles. The van der Waals surface area contributed by atoms with E-state index in [2.05, 4.69) is 4.98 Å². The first-order chi connectivity index (χ1) is 9.22. The number of nitrogens with two attached hydrogens (primary N) is 1. The average Bonchev–Trinajstić information content (AvgIpc) is 2.85. The molecular formula is C14H19N3O2. The second-order valence-electron chi connectivity index (χ2n) is 4.32. The molecule has 0 aliphatic rings. The van der Waals surface area contributed by atoms with Crippen molar-refractivity contribution in [1.82, 2.24) is 9.55 Å². The zero-order valence-electron chi connectivity index (χ0n) is 11.2. The lowest BCUT2D eigenvalue weighted by Crippen LogP contribution is -2.15. The van der Waals surface area contributed by atoms with E-state index in [4.69, 9.17) is 15.2 Å². The Morgan fingerprint density at radius 2 is 2.11 bits per heavy atom. The number of aryl methyl sites for hydroxylation is 1. The molecule has 2 rings (SSSR count). The van der Waals surface area contributed by atoms with Crippen LogP contribution in [0.2, 0.25) is 0 Å². The summed E-state index contributed by atoms with van der Waals surface area (Å²) in [5.74, 6) is 0.776. The van der Waals surface area contributed by atoms with E-state index < -0.39 is 0 Å². The van der Waals surface area contributed by atoms with Gasteiger partial charge in [0.15, 0.2) is 0 Å². The van der Waals surface area contributed by atoms with E-state index in [0.717, 1.165) is 17.0 Å². The lowest BCUT2D eigenvalue weighted by molar-refractivity contribution is 0.145. The molecule has 2 aromatic rings. The van der Waals surface area contributed by atoms with Gasteiger partial charge in [0.05, 0.1) is 24.7 Å². The largest absolute Gasteiger partial charge is 0.491 e. The molecule has 0 bridgehead atoms. The molecule has 0 saturated carbocycles. The van der Waals surface area contributed by atoms with Gasteiger partial charge in [-0.3, -0.25) is 0 Å². The average molecular weight is 261 g/mol. The highest BCUT2D eigenvalue weighted by atomic mass is 16.5. The van der Waals surface area contributed by atoms with Crippen LogP contribution in [0.3, 0.4) is 0 Å². The van der Waals surface area contributed by atoms with E-state index in [1.54, 1.807) is 13.4 Å². The standard InChI is InChI=1S/C14H19N3O2/c1-17-9-12(16-10-17)14(15)11-5-3-4-6-13(11)19-8-7-18-2/h3-6,9-10,14H,7-8,15H2,1-2H3. The van der Waals surface area contributed by atoms with Crippen LogP contribution < -0.4 is 10.5 Å². The summed E-state index contributed by atoms with van der Waals surface area (Å²) in [4.78, 5) is 4.29. The fourth-order valence-corrected chi connectivity index (χ4v) is 1.86. The number of imidazole rings is 1. The molecular weight excluding hydrogens is 242 g/mol. The predicted octanol–water partition coefficient (Wildman–Crippen LogP) is 1.49. The van der Waals surface area contributed by atoms with Gasteiger partial charge in [0.2, 0.25) is 0 Å². The van der Waals surface area contributed by atoms with Crippen LogP contribution in [0.15, 0.2) is 36.8 Å². The second-order valence-corrected chi connectivity index (χ2v) is 4.32. The van der Waals surface area contributed by atoms with E-state index in [0.29, 0.717) is 13.2 Å². The SMILES string of the molecule is COCCOc1ccccc1C(N)c1cn(C)cn1. The summed E-state index contributed by atoms with van der Waals surface area (Å²) >= 11 is 0. The van der Waals surface area contributed by atoms with Gasteiger partial charge in [0, 0.05) is 25.9 Å². The van der Waals surface area contributed by atoms with Crippen LogP contribution >= 0.6 is 0 Å². The molecule has 0 radical (unpaired) electrons. The molecule has 19 heavy (non-hydrogen) atoms. The summed E-state index contributed by atoms with van der Waals surface area (Å²) in [6.07, 6.45) is 3.65. The minimum absolute atomic E-state index is 0.292. The van der Waals surface area contributed by atoms with Gasteiger partial charge in [-0.15, -0.1) is 0 Å². The molecule has 0 aliphatic heterocycles. The molecule has 1 aromatic carbocycles. The molecule has 5 heteroatoms. The Morgan fingerprint density at radius 3 is 2.79 bits per heavy atom. The van der Waals surface area contributed by atoms with Crippen molar-refractivity contribution in [2.24, 2.45) is 12.8 Å². The van der Waals surface area contributed by atoms with Gasteiger partial charge in [0.25, 0.3) is 0 Å². The van der Waals surface area contributed by atoms with Crippen molar-refractivity contribution in [3.63, 3.8) is 0 Å². The van der Waals surface area contributed by atoms with Gasteiger partial charge >= 0.3 is 0 Å². The van der Waals surface area contributed by atoms with Crippen LogP contribution in [-0.2, 0) is 11.8 Å². The number of methoxy groups -OCH3 is 1. The van der Waals surface area contributed by atoms with Crippen LogP contribution in [0.25, 0.3) is 0 Å². The van der Waals surface area contributed by atoms with Crippen molar-refractivity contribution in [2.75, 3.05) is 20.3 Å². The highest BCUT2D eigenvalue weighted by Crippen LogP contribution is 2.27. The van der Waals surface area contributed by atoms with E-state index >= 15 is 0 Å². The summed E-state index contributed by atoms with van der Waals surface area (Å²) in [5, 5.41) is 0. The third-order valence-corrected chi connectivity index (χ3v) is 2.84. The van der Waals surface area contributed by atoms with Crippen molar-refractivity contribution in [3.05, 3.63) is 48.0 Å². The highest BCUT2D eigenvalue weighted by molar-refractivity contribution is 5.39. The topological polar surface area (TPSA) is 62.3 Å². The first-order valence-electron chi connectivity index (χ1n) is 6.16. The number of hydrogen-bond donors (Lipinski definition) is 1. The van der Waals surface area contributed by atoms with Gasteiger partial charge in [-0.2, -0.15) is 0 Å². The Kier molecular flexibility index (Phi) is 4.54. The fourth-order valence-electron chi connectivity index (χ4n) is 1.86. The van der Waals surface area contributed by atoms with Crippen LogP contribution in [0.1, 0.15) is 17.3 Å². The molecule has 1 heterocycles. The minimum Gasteiger partial charge on any atom is -0.491 e. The zero-order chi connectivity index (χ0) is 13.7. The third kappa shape index (κ3) is 3.33. The summed E-state index contributed by atoms with van der Waals surface area (Å²) in [6, 6.07) is 7.45. The van der Waals surface area contributed by atoms with Crippen molar-refractivity contribution in [3.8, 4) is 5.75 Å². The quantitative estimate of drug-likeness (QED) is 0.800. The van der Waals surface area contributed by atoms with Gasteiger partial charge in [0.1, 0.15) is 12.4 Å². The van der Waals surface area contributed by atoms with Crippen molar-refractivity contribution in [2.45, 2.75) is 6.04 Å². The molecule has 2 N–H and O–H groups in total. The fraction of sp³-hybridized carbons (Fsp3) is 0.357. The van der Waals surface area contributed by atoms with Gasteiger partial charge in [-0.25, -0.2) is 4.98 Å². The van der Waals surface area contributed by atoms with Crippen LogP contribution in [0.5, 0.6) is 5.75 Å². The molecule has 1 unspecified atom stereocenters. The Hall–Kier alpha value is -1.85. The van der Waals surface area contributed by atoms with E-state index in [1.165, 1.54) is 0 Å². The number of para-hydroxylation sites is 1. The number of hydrogen-bond acceptors (Lipinski definition) is 4. The number of rotatable bonds is 6. The molecule has 0 spiro atoms. The van der Waals surface area contributed by atoms with Gasteiger partial charge in [-0.1, -0.05) is 18.2 Å². The second kappa shape index (κ2) is 6.36. The highest BCUT2D eigenvalue weighted by Gasteiger charge is 2.15. The van der Waals surface area contributed by atoms with E-state index in [9.17, 15) is 0 Å². The predicted molar refractivity (Wildman–Crippen MR) is 73.1 cm³/mol. The summed E-state index contributed by atoms with van der Waals surface area (Å²) < 4.78 is 12.5. The van der Waals surface area contributed by atoms with Gasteiger partial charge in [-0.05, 0) is 6.07 Å². The molecule has 1 atom stereocenters. The maximum atomic E-state index is 6.25.